The van der Waals surface area contributed by atoms with Gasteiger partial charge in [-0.2, -0.15) is 11.8 Å². The van der Waals surface area contributed by atoms with Gasteiger partial charge in [-0.25, -0.2) is 13.1 Å². The fourth-order valence-corrected chi connectivity index (χ4v) is 2.80. The molecule has 0 aromatic heterocycles. The first kappa shape index (κ1) is 16.3. The van der Waals surface area contributed by atoms with Gasteiger partial charge in [0.2, 0.25) is 10.0 Å². The Morgan fingerprint density at radius 1 is 1.32 bits per heavy atom. The first-order valence-corrected chi connectivity index (χ1v) is 8.80. The van der Waals surface area contributed by atoms with Crippen molar-refractivity contribution in [2.45, 2.75) is 11.3 Å². The average molecular weight is 305 g/mol. The summed E-state index contributed by atoms with van der Waals surface area (Å²) in [6.07, 6.45) is 2.48. The maximum absolute atomic E-state index is 11.9. The van der Waals surface area contributed by atoms with Gasteiger partial charge in [0.1, 0.15) is 5.75 Å². The number of aliphatic hydroxyl groups is 1. The average Bonchev–Trinajstić information content (AvgIpc) is 2.40. The quantitative estimate of drug-likeness (QED) is 0.668. The molecule has 1 aromatic rings. The van der Waals surface area contributed by atoms with E-state index in [2.05, 4.69) is 4.72 Å². The molecule has 108 valence electrons. The Bertz CT molecular complexity index is 459. The van der Waals surface area contributed by atoms with Crippen LogP contribution in [0.15, 0.2) is 29.2 Å². The van der Waals surface area contributed by atoms with Crippen LogP contribution in [-0.4, -0.2) is 45.3 Å². The van der Waals surface area contributed by atoms with E-state index >= 15 is 0 Å². The van der Waals surface area contributed by atoms with Crippen LogP contribution in [0, 0.1) is 0 Å². The molecule has 0 unspecified atom stereocenters. The second-order valence-electron chi connectivity index (χ2n) is 3.79. The second-order valence-corrected chi connectivity index (χ2v) is 6.54. The zero-order chi connectivity index (χ0) is 14.1. The Kier molecular flexibility index (Phi) is 7.22. The molecule has 0 heterocycles. The highest BCUT2D eigenvalue weighted by Crippen LogP contribution is 2.16. The van der Waals surface area contributed by atoms with Gasteiger partial charge >= 0.3 is 0 Å². The first-order chi connectivity index (χ1) is 9.10. The predicted octanol–water partition coefficient (Wildman–Crippen LogP) is 1.09. The number of thioether (sulfide) groups is 1. The highest BCUT2D eigenvalue weighted by atomic mass is 32.2. The Morgan fingerprint density at radius 2 is 2.00 bits per heavy atom. The molecule has 0 aliphatic carbocycles. The lowest BCUT2D eigenvalue weighted by molar-refractivity contribution is 0.233. The SMILES string of the molecule is CSCCNS(=O)(=O)c1ccc(OCCCO)cc1. The molecule has 2 N–H and O–H groups in total. The highest BCUT2D eigenvalue weighted by molar-refractivity contribution is 7.98. The molecule has 0 spiro atoms. The van der Waals surface area contributed by atoms with Crippen molar-refractivity contribution < 1.29 is 18.3 Å². The molecule has 19 heavy (non-hydrogen) atoms. The van der Waals surface area contributed by atoms with Crippen LogP contribution >= 0.6 is 11.8 Å². The number of hydrogen-bond acceptors (Lipinski definition) is 5. The summed E-state index contributed by atoms with van der Waals surface area (Å²) in [5, 5.41) is 8.63. The van der Waals surface area contributed by atoms with E-state index in [1.807, 2.05) is 6.26 Å². The van der Waals surface area contributed by atoms with Crippen LogP contribution in [0.2, 0.25) is 0 Å². The molecule has 1 aromatic carbocycles. The van der Waals surface area contributed by atoms with Crippen molar-refractivity contribution in [1.82, 2.24) is 4.72 Å². The third-order valence-electron chi connectivity index (χ3n) is 2.30. The Hall–Kier alpha value is -0.760. The fraction of sp³-hybridized carbons (Fsp3) is 0.500. The zero-order valence-electron chi connectivity index (χ0n) is 10.8. The monoisotopic (exact) mass is 305 g/mol. The minimum atomic E-state index is -3.43. The third-order valence-corrected chi connectivity index (χ3v) is 4.39. The van der Waals surface area contributed by atoms with Gasteiger partial charge < -0.3 is 9.84 Å². The molecule has 0 saturated carbocycles. The number of aliphatic hydroxyl groups excluding tert-OH is 1. The summed E-state index contributed by atoms with van der Waals surface area (Å²) in [5.74, 6) is 1.33. The van der Waals surface area contributed by atoms with Gasteiger partial charge in [0.25, 0.3) is 0 Å². The summed E-state index contributed by atoms with van der Waals surface area (Å²) < 4.78 is 31.6. The van der Waals surface area contributed by atoms with Crippen molar-refractivity contribution >= 4 is 21.8 Å². The van der Waals surface area contributed by atoms with Gasteiger partial charge in [-0.3, -0.25) is 0 Å². The van der Waals surface area contributed by atoms with Gasteiger partial charge in [0.15, 0.2) is 0 Å². The van der Waals surface area contributed by atoms with Crippen molar-refractivity contribution in [3.8, 4) is 5.75 Å². The number of hydrogen-bond donors (Lipinski definition) is 2. The highest BCUT2D eigenvalue weighted by Gasteiger charge is 2.12. The molecule has 0 bridgehead atoms. The molecule has 0 atom stereocenters. The number of benzene rings is 1. The lowest BCUT2D eigenvalue weighted by Gasteiger charge is -2.08. The second kappa shape index (κ2) is 8.42. The van der Waals surface area contributed by atoms with Gasteiger partial charge in [-0.05, 0) is 30.5 Å². The van der Waals surface area contributed by atoms with E-state index in [4.69, 9.17) is 9.84 Å². The zero-order valence-corrected chi connectivity index (χ0v) is 12.5. The smallest absolute Gasteiger partial charge is 0.240 e. The molecule has 0 fully saturated rings. The maximum Gasteiger partial charge on any atom is 0.240 e. The molecule has 5 nitrogen and oxygen atoms in total. The topological polar surface area (TPSA) is 75.6 Å². The summed E-state index contributed by atoms with van der Waals surface area (Å²) in [7, 11) is -3.43. The van der Waals surface area contributed by atoms with Gasteiger partial charge in [0.05, 0.1) is 11.5 Å². The number of rotatable bonds is 9. The molecule has 0 aliphatic heterocycles. The number of nitrogens with one attached hydrogen (secondary N) is 1. The number of sulfonamides is 1. The van der Waals surface area contributed by atoms with Crippen LogP contribution in [0.1, 0.15) is 6.42 Å². The van der Waals surface area contributed by atoms with Crippen LogP contribution < -0.4 is 9.46 Å². The summed E-state index contributed by atoms with van der Waals surface area (Å²) >= 11 is 1.58. The van der Waals surface area contributed by atoms with E-state index in [0.29, 0.717) is 25.3 Å². The van der Waals surface area contributed by atoms with E-state index < -0.39 is 10.0 Å². The summed E-state index contributed by atoms with van der Waals surface area (Å²) in [6.45, 7) is 0.901. The Morgan fingerprint density at radius 3 is 2.58 bits per heavy atom. The molecule has 0 radical (unpaired) electrons. The van der Waals surface area contributed by atoms with Gasteiger partial charge in [0, 0.05) is 25.3 Å². The lowest BCUT2D eigenvalue weighted by atomic mass is 10.3. The van der Waals surface area contributed by atoms with E-state index in [-0.39, 0.29) is 11.5 Å². The van der Waals surface area contributed by atoms with E-state index in [1.165, 1.54) is 12.1 Å². The largest absolute Gasteiger partial charge is 0.494 e. The molecule has 0 aliphatic rings. The lowest BCUT2D eigenvalue weighted by Crippen LogP contribution is -2.25. The van der Waals surface area contributed by atoms with Gasteiger partial charge in [-0.1, -0.05) is 0 Å². The summed E-state index contributed by atoms with van der Waals surface area (Å²) in [6, 6.07) is 6.24. The van der Waals surface area contributed by atoms with Gasteiger partial charge in [-0.15, -0.1) is 0 Å². The first-order valence-electron chi connectivity index (χ1n) is 5.92. The molecular formula is C12H19NO4S2. The van der Waals surface area contributed by atoms with Crippen LogP contribution in [0.5, 0.6) is 5.75 Å². The normalized spacial score (nSPS) is 11.5. The van der Waals surface area contributed by atoms with Crippen molar-refractivity contribution in [2.75, 3.05) is 31.8 Å². The van der Waals surface area contributed by atoms with E-state index in [1.54, 1.807) is 23.9 Å². The van der Waals surface area contributed by atoms with Crippen molar-refractivity contribution in [1.29, 1.82) is 0 Å². The molecular weight excluding hydrogens is 286 g/mol. The number of ether oxygens (including phenoxy) is 1. The third kappa shape index (κ3) is 5.82. The Labute approximate surface area is 118 Å². The Balaban J connectivity index is 2.59. The van der Waals surface area contributed by atoms with Crippen molar-refractivity contribution in [3.63, 3.8) is 0 Å². The van der Waals surface area contributed by atoms with Crippen molar-refractivity contribution in [2.24, 2.45) is 0 Å². The predicted molar refractivity (Wildman–Crippen MR) is 77.2 cm³/mol. The standard InChI is InChI=1S/C12H19NO4S2/c1-18-10-7-13-19(15,16)12-5-3-11(4-6-12)17-9-2-8-14/h3-6,13-14H,2,7-10H2,1H3. The summed E-state index contributed by atoms with van der Waals surface area (Å²) in [5.41, 5.74) is 0. The van der Waals surface area contributed by atoms with Crippen molar-refractivity contribution in [3.05, 3.63) is 24.3 Å². The minimum absolute atomic E-state index is 0.0752. The van der Waals surface area contributed by atoms with Crippen LogP contribution in [0.3, 0.4) is 0 Å². The maximum atomic E-state index is 11.9. The van der Waals surface area contributed by atoms with E-state index in [0.717, 1.165) is 5.75 Å². The fourth-order valence-electron chi connectivity index (χ4n) is 1.33. The summed E-state index contributed by atoms with van der Waals surface area (Å²) in [4.78, 5) is 0.225. The van der Waals surface area contributed by atoms with Crippen LogP contribution in [0.25, 0.3) is 0 Å². The molecule has 7 heteroatoms. The molecule has 0 amide bonds. The molecule has 0 saturated heterocycles. The van der Waals surface area contributed by atoms with Crippen LogP contribution in [0.4, 0.5) is 0 Å². The van der Waals surface area contributed by atoms with E-state index in [9.17, 15) is 8.42 Å². The minimum Gasteiger partial charge on any atom is -0.494 e. The van der Waals surface area contributed by atoms with Crippen LogP contribution in [-0.2, 0) is 10.0 Å². The molecule has 1 rings (SSSR count).